The topological polar surface area (TPSA) is 79.9 Å². The fourth-order valence-electron chi connectivity index (χ4n) is 4.16. The van der Waals surface area contributed by atoms with Crippen LogP contribution in [-0.4, -0.2) is 61.3 Å². The highest BCUT2D eigenvalue weighted by molar-refractivity contribution is 6.47. The minimum atomic E-state index is -0.349. The largest absolute Gasteiger partial charge is 0.463 e. The number of hydrogen-bond donors (Lipinski definition) is 2. The molecule has 146 valence electrons. The van der Waals surface area contributed by atoms with Gasteiger partial charge in [-0.05, 0) is 47.0 Å². The molecule has 2 saturated heterocycles. The number of rotatable bonds is 3. The summed E-state index contributed by atoms with van der Waals surface area (Å²) in [6, 6.07) is -0.150. The zero-order valence-electron chi connectivity index (χ0n) is 16.6. The number of likely N-dealkylation sites (tertiary alicyclic amines) is 1. The van der Waals surface area contributed by atoms with Crippen molar-refractivity contribution in [3.8, 4) is 0 Å². The summed E-state index contributed by atoms with van der Waals surface area (Å²) in [5.74, 6) is 0.0786. The Hall–Kier alpha value is -1.28. The maximum Gasteiger partial charge on any atom is 0.463 e. The van der Waals surface area contributed by atoms with Crippen molar-refractivity contribution >= 4 is 19.1 Å². The maximum absolute atomic E-state index is 12.7. The van der Waals surface area contributed by atoms with Crippen molar-refractivity contribution in [1.82, 2.24) is 15.5 Å². The summed E-state index contributed by atoms with van der Waals surface area (Å²) in [5, 5.41) is 5.78. The molecule has 1 aliphatic carbocycles. The number of urea groups is 1. The van der Waals surface area contributed by atoms with E-state index in [9.17, 15) is 9.59 Å². The van der Waals surface area contributed by atoms with E-state index in [1.807, 2.05) is 32.6 Å². The molecule has 2 heterocycles. The van der Waals surface area contributed by atoms with E-state index in [4.69, 9.17) is 9.31 Å². The monoisotopic (exact) mass is 365 g/mol. The van der Waals surface area contributed by atoms with Gasteiger partial charge in [0.2, 0.25) is 5.91 Å². The fraction of sp³-hybridized carbons (Fsp3) is 0.889. The predicted octanol–water partition coefficient (Wildman–Crippen LogP) is 1.78. The third kappa shape index (κ3) is 3.58. The molecule has 0 bridgehead atoms. The van der Waals surface area contributed by atoms with Crippen LogP contribution in [0.3, 0.4) is 0 Å². The van der Waals surface area contributed by atoms with E-state index in [1.165, 1.54) is 0 Å². The van der Waals surface area contributed by atoms with Crippen LogP contribution in [0.25, 0.3) is 0 Å². The van der Waals surface area contributed by atoms with Gasteiger partial charge in [0.1, 0.15) is 0 Å². The lowest BCUT2D eigenvalue weighted by Gasteiger charge is -2.32. The molecule has 3 fully saturated rings. The molecule has 3 unspecified atom stereocenters. The summed E-state index contributed by atoms with van der Waals surface area (Å²) in [6.07, 6.45) is 3.53. The number of nitrogens with zero attached hydrogens (tertiary/aromatic N) is 1. The van der Waals surface area contributed by atoms with Crippen LogP contribution in [0, 0.1) is 5.92 Å². The molecule has 26 heavy (non-hydrogen) atoms. The highest BCUT2D eigenvalue weighted by atomic mass is 16.7. The first-order chi connectivity index (χ1) is 12.1. The van der Waals surface area contributed by atoms with Gasteiger partial charge in [0, 0.05) is 32.0 Å². The second kappa shape index (κ2) is 7.04. The van der Waals surface area contributed by atoms with Crippen molar-refractivity contribution < 1.29 is 18.9 Å². The summed E-state index contributed by atoms with van der Waals surface area (Å²) in [4.78, 5) is 26.5. The standard InChI is InChI=1S/C18H32BN3O4/c1-17(2)18(3,4)26-19(25-17)12-9-10-22(11-12)16(24)21-14-8-6-7-13(14)15(23)20-5/h12-14H,6-11H2,1-5H3,(H,20,23)(H,21,24). The molecule has 0 spiro atoms. The van der Waals surface area contributed by atoms with Crippen LogP contribution in [0.4, 0.5) is 4.79 Å². The van der Waals surface area contributed by atoms with Crippen LogP contribution in [0.1, 0.15) is 53.4 Å². The fourth-order valence-corrected chi connectivity index (χ4v) is 4.16. The van der Waals surface area contributed by atoms with Crippen molar-refractivity contribution in [2.45, 2.75) is 76.4 Å². The first kappa shape index (κ1) is 19.5. The average Bonchev–Trinajstić information content (AvgIpc) is 3.25. The van der Waals surface area contributed by atoms with Crippen molar-refractivity contribution in [1.29, 1.82) is 0 Å². The Bertz CT molecular complexity index is 553. The Morgan fingerprint density at radius 1 is 1.08 bits per heavy atom. The molecular weight excluding hydrogens is 333 g/mol. The van der Waals surface area contributed by atoms with E-state index in [-0.39, 0.29) is 48.0 Å². The number of amides is 3. The molecule has 0 aromatic heterocycles. The summed E-state index contributed by atoms with van der Waals surface area (Å²) in [7, 11) is 1.37. The molecule has 0 aromatic carbocycles. The Morgan fingerprint density at radius 2 is 1.73 bits per heavy atom. The van der Waals surface area contributed by atoms with E-state index in [1.54, 1.807) is 7.05 Å². The average molecular weight is 365 g/mol. The molecule has 2 aliphatic heterocycles. The van der Waals surface area contributed by atoms with Crippen LogP contribution in [0.2, 0.25) is 5.82 Å². The second-order valence-corrected chi connectivity index (χ2v) is 8.83. The van der Waals surface area contributed by atoms with Gasteiger partial charge < -0.3 is 24.8 Å². The predicted molar refractivity (Wildman–Crippen MR) is 99.7 cm³/mol. The Morgan fingerprint density at radius 3 is 2.35 bits per heavy atom. The van der Waals surface area contributed by atoms with Gasteiger partial charge in [-0.3, -0.25) is 4.79 Å². The van der Waals surface area contributed by atoms with Gasteiger partial charge in [0.05, 0.1) is 17.1 Å². The highest BCUT2D eigenvalue weighted by Crippen LogP contribution is 2.42. The lowest BCUT2D eigenvalue weighted by atomic mass is 9.71. The summed E-state index contributed by atoms with van der Waals surface area (Å²) >= 11 is 0. The molecule has 8 heteroatoms. The smallest absolute Gasteiger partial charge is 0.403 e. The molecule has 3 rings (SSSR count). The van der Waals surface area contributed by atoms with Gasteiger partial charge in [-0.1, -0.05) is 6.42 Å². The lowest BCUT2D eigenvalue weighted by Crippen LogP contribution is -2.48. The molecule has 2 N–H and O–H groups in total. The minimum absolute atomic E-state index is 0.0179. The molecule has 0 aromatic rings. The Balaban J connectivity index is 1.54. The van der Waals surface area contributed by atoms with Gasteiger partial charge in [-0.25, -0.2) is 4.79 Å². The minimum Gasteiger partial charge on any atom is -0.403 e. The number of carbonyl (C=O) groups excluding carboxylic acids is 2. The molecule has 3 atom stereocenters. The quantitative estimate of drug-likeness (QED) is 0.748. The Kier molecular flexibility index (Phi) is 5.27. The lowest BCUT2D eigenvalue weighted by molar-refractivity contribution is -0.124. The molecule has 1 saturated carbocycles. The van der Waals surface area contributed by atoms with Gasteiger partial charge in [-0.2, -0.15) is 0 Å². The van der Waals surface area contributed by atoms with E-state index in [0.29, 0.717) is 13.1 Å². The van der Waals surface area contributed by atoms with Crippen molar-refractivity contribution in [3.63, 3.8) is 0 Å². The number of hydrogen-bond acceptors (Lipinski definition) is 4. The van der Waals surface area contributed by atoms with E-state index in [0.717, 1.165) is 25.7 Å². The third-order valence-electron chi connectivity index (χ3n) is 6.58. The van der Waals surface area contributed by atoms with E-state index in [2.05, 4.69) is 10.6 Å². The maximum atomic E-state index is 12.7. The third-order valence-corrected chi connectivity index (χ3v) is 6.58. The van der Waals surface area contributed by atoms with Crippen molar-refractivity contribution in [2.75, 3.05) is 20.1 Å². The van der Waals surface area contributed by atoms with Gasteiger partial charge >= 0.3 is 13.1 Å². The Labute approximate surface area is 156 Å². The zero-order chi connectivity index (χ0) is 19.1. The molecule has 3 amide bonds. The number of carbonyl (C=O) groups is 2. The SMILES string of the molecule is CNC(=O)C1CCCC1NC(=O)N1CCC(B2OC(C)(C)C(C)(C)O2)C1. The summed E-state index contributed by atoms with van der Waals surface area (Å²) in [5.41, 5.74) is -0.699. The van der Waals surface area contributed by atoms with Gasteiger partial charge in [-0.15, -0.1) is 0 Å². The summed E-state index contributed by atoms with van der Waals surface area (Å²) in [6.45, 7) is 9.51. The molecule has 3 aliphatic rings. The number of nitrogens with one attached hydrogen (secondary N) is 2. The molecule has 7 nitrogen and oxygen atoms in total. The zero-order valence-corrected chi connectivity index (χ0v) is 16.6. The van der Waals surface area contributed by atoms with Crippen molar-refractivity contribution in [2.24, 2.45) is 5.92 Å². The van der Waals surface area contributed by atoms with E-state index >= 15 is 0 Å². The summed E-state index contributed by atoms with van der Waals surface area (Å²) < 4.78 is 12.3. The second-order valence-electron chi connectivity index (χ2n) is 8.83. The van der Waals surface area contributed by atoms with Crippen LogP contribution >= 0.6 is 0 Å². The van der Waals surface area contributed by atoms with Crippen LogP contribution in [0.5, 0.6) is 0 Å². The highest BCUT2D eigenvalue weighted by Gasteiger charge is 2.54. The first-order valence-corrected chi connectivity index (χ1v) is 9.77. The van der Waals surface area contributed by atoms with Crippen LogP contribution in [0.15, 0.2) is 0 Å². The molecular formula is C18H32BN3O4. The van der Waals surface area contributed by atoms with Gasteiger partial charge in [0.15, 0.2) is 0 Å². The van der Waals surface area contributed by atoms with Gasteiger partial charge in [0.25, 0.3) is 0 Å². The van der Waals surface area contributed by atoms with Crippen molar-refractivity contribution in [3.05, 3.63) is 0 Å². The van der Waals surface area contributed by atoms with E-state index < -0.39 is 0 Å². The molecule has 0 radical (unpaired) electrons. The normalized spacial score (nSPS) is 32.7. The van der Waals surface area contributed by atoms with Crippen LogP contribution < -0.4 is 10.6 Å². The van der Waals surface area contributed by atoms with Crippen LogP contribution in [-0.2, 0) is 14.1 Å². The first-order valence-electron chi connectivity index (χ1n) is 9.77.